The van der Waals surface area contributed by atoms with Crippen LogP contribution in [0.4, 0.5) is 0 Å². The Morgan fingerprint density at radius 3 is 2.85 bits per heavy atom. The number of rotatable bonds is 4. The zero-order chi connectivity index (χ0) is 13.9. The third-order valence-corrected chi connectivity index (χ3v) is 4.99. The lowest BCUT2D eigenvalue weighted by molar-refractivity contribution is 0.134. The van der Waals surface area contributed by atoms with Crippen LogP contribution in [0.25, 0.3) is 0 Å². The number of piperidine rings is 1. The smallest absolute Gasteiger partial charge is 0.122 e. The Kier molecular flexibility index (Phi) is 4.27. The predicted octanol–water partition coefficient (Wildman–Crippen LogP) is 2.74. The first-order valence-electron chi connectivity index (χ1n) is 8.01. The highest BCUT2D eigenvalue weighted by Gasteiger charge is 2.25. The maximum atomic E-state index is 6.08. The van der Waals surface area contributed by atoms with Gasteiger partial charge in [-0.05, 0) is 49.0 Å². The zero-order valence-corrected chi connectivity index (χ0v) is 12.5. The van der Waals surface area contributed by atoms with Crippen LogP contribution in [0.3, 0.4) is 0 Å². The summed E-state index contributed by atoms with van der Waals surface area (Å²) < 4.78 is 5.60. The average Bonchev–Trinajstić information content (AvgIpc) is 2.96. The van der Waals surface area contributed by atoms with E-state index in [1.54, 1.807) is 0 Å². The minimum Gasteiger partial charge on any atom is -0.493 e. The van der Waals surface area contributed by atoms with Crippen molar-refractivity contribution in [3.63, 3.8) is 0 Å². The second-order valence-corrected chi connectivity index (χ2v) is 6.10. The van der Waals surface area contributed by atoms with Gasteiger partial charge in [-0.15, -0.1) is 0 Å². The van der Waals surface area contributed by atoms with E-state index in [1.807, 2.05) is 0 Å². The molecule has 1 saturated heterocycles. The van der Waals surface area contributed by atoms with Crippen molar-refractivity contribution < 1.29 is 4.74 Å². The van der Waals surface area contributed by atoms with Crippen LogP contribution in [-0.2, 0) is 6.42 Å². The minimum atomic E-state index is 0.374. The van der Waals surface area contributed by atoms with Crippen molar-refractivity contribution in [3.8, 4) is 5.75 Å². The molecule has 0 aliphatic carbocycles. The van der Waals surface area contributed by atoms with Crippen LogP contribution in [0, 0.1) is 5.92 Å². The average molecular weight is 274 g/mol. The van der Waals surface area contributed by atoms with E-state index in [2.05, 4.69) is 30.0 Å². The molecule has 1 atom stereocenters. The first kappa shape index (κ1) is 13.9. The lowest BCUT2D eigenvalue weighted by Crippen LogP contribution is -2.39. The Balaban J connectivity index is 1.73. The molecule has 0 saturated carbocycles. The minimum absolute atomic E-state index is 0.374. The van der Waals surface area contributed by atoms with Gasteiger partial charge in [0.15, 0.2) is 0 Å². The van der Waals surface area contributed by atoms with Crippen molar-refractivity contribution in [2.45, 2.75) is 38.6 Å². The van der Waals surface area contributed by atoms with Gasteiger partial charge in [0.2, 0.25) is 0 Å². The van der Waals surface area contributed by atoms with Crippen LogP contribution in [0.5, 0.6) is 5.75 Å². The number of hydrogen-bond donors (Lipinski definition) is 1. The molecular formula is C17H26N2O. The molecule has 3 rings (SSSR count). The number of nitrogens with zero attached hydrogens (tertiary/aromatic N) is 1. The summed E-state index contributed by atoms with van der Waals surface area (Å²) in [5.41, 5.74) is 8.79. The molecule has 0 radical (unpaired) electrons. The normalized spacial score (nSPS) is 21.5. The van der Waals surface area contributed by atoms with Gasteiger partial charge in [-0.25, -0.2) is 0 Å². The largest absolute Gasteiger partial charge is 0.493 e. The molecule has 20 heavy (non-hydrogen) atoms. The quantitative estimate of drug-likeness (QED) is 0.917. The monoisotopic (exact) mass is 274 g/mol. The number of benzene rings is 1. The molecule has 1 aromatic carbocycles. The number of fused-ring (bicyclic) bond motifs is 1. The summed E-state index contributed by atoms with van der Waals surface area (Å²) in [5, 5.41) is 0. The maximum absolute atomic E-state index is 6.08. The highest BCUT2D eigenvalue weighted by Crippen LogP contribution is 2.32. The highest BCUT2D eigenvalue weighted by atomic mass is 16.5. The summed E-state index contributed by atoms with van der Waals surface area (Å²) in [4.78, 5) is 2.57. The van der Waals surface area contributed by atoms with Crippen LogP contribution in [0.2, 0.25) is 0 Å². The molecule has 2 aliphatic rings. The summed E-state index contributed by atoms with van der Waals surface area (Å²) in [6, 6.07) is 7.01. The van der Waals surface area contributed by atoms with Gasteiger partial charge in [0, 0.05) is 19.0 Å². The van der Waals surface area contributed by atoms with E-state index in [0.29, 0.717) is 12.6 Å². The third-order valence-electron chi connectivity index (χ3n) is 4.99. The maximum Gasteiger partial charge on any atom is 0.122 e. The summed E-state index contributed by atoms with van der Waals surface area (Å²) in [5.74, 6) is 1.98. The molecule has 1 aromatic rings. The molecule has 0 aromatic heterocycles. The Morgan fingerprint density at radius 1 is 1.35 bits per heavy atom. The van der Waals surface area contributed by atoms with Crippen molar-refractivity contribution in [1.29, 1.82) is 0 Å². The molecule has 1 fully saturated rings. The third kappa shape index (κ3) is 2.70. The molecule has 2 N–H and O–H groups in total. The van der Waals surface area contributed by atoms with Gasteiger partial charge in [-0.1, -0.05) is 25.5 Å². The van der Waals surface area contributed by atoms with Gasteiger partial charge in [0.25, 0.3) is 0 Å². The SMILES string of the molecule is CCC1CCN(C(CN)c2ccc3c(c2)CCO3)CC1. The summed E-state index contributed by atoms with van der Waals surface area (Å²) in [6.07, 6.45) is 5.00. The second kappa shape index (κ2) is 6.15. The lowest BCUT2D eigenvalue weighted by atomic mass is 9.92. The Bertz CT molecular complexity index is 452. The highest BCUT2D eigenvalue weighted by molar-refractivity contribution is 5.41. The van der Waals surface area contributed by atoms with Crippen LogP contribution in [0.15, 0.2) is 18.2 Å². The van der Waals surface area contributed by atoms with E-state index in [1.165, 1.54) is 43.5 Å². The van der Waals surface area contributed by atoms with Gasteiger partial charge in [-0.2, -0.15) is 0 Å². The Hall–Kier alpha value is -1.06. The van der Waals surface area contributed by atoms with Crippen molar-refractivity contribution in [1.82, 2.24) is 4.90 Å². The first-order chi connectivity index (χ1) is 9.81. The predicted molar refractivity (Wildman–Crippen MR) is 82.0 cm³/mol. The molecule has 0 amide bonds. The summed E-state index contributed by atoms with van der Waals surface area (Å²) in [7, 11) is 0. The molecule has 0 spiro atoms. The van der Waals surface area contributed by atoms with E-state index >= 15 is 0 Å². The van der Waals surface area contributed by atoms with Crippen molar-refractivity contribution in [2.24, 2.45) is 11.7 Å². The Morgan fingerprint density at radius 2 is 2.15 bits per heavy atom. The molecular weight excluding hydrogens is 248 g/mol. The number of ether oxygens (including phenoxy) is 1. The van der Waals surface area contributed by atoms with Gasteiger partial charge in [0.1, 0.15) is 5.75 Å². The summed E-state index contributed by atoms with van der Waals surface area (Å²) in [6.45, 7) is 6.22. The van der Waals surface area contributed by atoms with Crippen molar-refractivity contribution in [2.75, 3.05) is 26.2 Å². The topological polar surface area (TPSA) is 38.5 Å². The fraction of sp³-hybridized carbons (Fsp3) is 0.647. The fourth-order valence-electron chi connectivity index (χ4n) is 3.58. The van der Waals surface area contributed by atoms with Crippen LogP contribution >= 0.6 is 0 Å². The van der Waals surface area contributed by atoms with E-state index in [0.717, 1.165) is 24.7 Å². The molecule has 2 heterocycles. The zero-order valence-electron chi connectivity index (χ0n) is 12.5. The van der Waals surface area contributed by atoms with Crippen molar-refractivity contribution >= 4 is 0 Å². The van der Waals surface area contributed by atoms with E-state index < -0.39 is 0 Å². The number of hydrogen-bond acceptors (Lipinski definition) is 3. The van der Waals surface area contributed by atoms with E-state index in [4.69, 9.17) is 10.5 Å². The van der Waals surface area contributed by atoms with E-state index in [9.17, 15) is 0 Å². The number of nitrogens with two attached hydrogens (primary N) is 1. The first-order valence-corrected chi connectivity index (χ1v) is 8.01. The van der Waals surface area contributed by atoms with Crippen LogP contribution in [-0.4, -0.2) is 31.1 Å². The van der Waals surface area contributed by atoms with Gasteiger partial charge in [-0.3, -0.25) is 4.90 Å². The molecule has 110 valence electrons. The summed E-state index contributed by atoms with van der Waals surface area (Å²) >= 11 is 0. The molecule has 3 nitrogen and oxygen atoms in total. The molecule has 1 unspecified atom stereocenters. The lowest BCUT2D eigenvalue weighted by Gasteiger charge is -2.37. The fourth-order valence-corrected chi connectivity index (χ4v) is 3.58. The second-order valence-electron chi connectivity index (χ2n) is 6.10. The molecule has 0 bridgehead atoms. The molecule has 3 heteroatoms. The molecule has 2 aliphatic heterocycles. The van der Waals surface area contributed by atoms with Crippen LogP contribution < -0.4 is 10.5 Å². The van der Waals surface area contributed by atoms with E-state index in [-0.39, 0.29) is 0 Å². The van der Waals surface area contributed by atoms with Crippen molar-refractivity contribution in [3.05, 3.63) is 29.3 Å². The standard InChI is InChI=1S/C17H26N2O/c1-2-13-5-8-19(9-6-13)16(12-18)14-3-4-17-15(11-14)7-10-20-17/h3-4,11,13,16H,2,5-10,12,18H2,1H3. The number of likely N-dealkylation sites (tertiary alicyclic amines) is 1. The van der Waals surface area contributed by atoms with Gasteiger partial charge < -0.3 is 10.5 Å². The Labute approximate surface area is 122 Å². The van der Waals surface area contributed by atoms with Crippen LogP contribution in [0.1, 0.15) is 43.4 Å². The van der Waals surface area contributed by atoms with Gasteiger partial charge in [0.05, 0.1) is 6.61 Å². The van der Waals surface area contributed by atoms with Gasteiger partial charge >= 0.3 is 0 Å².